The summed E-state index contributed by atoms with van der Waals surface area (Å²) >= 11 is 3.51. The minimum absolute atomic E-state index is 0.111. The van der Waals surface area contributed by atoms with Crippen LogP contribution in [0.4, 0.5) is 0 Å². The summed E-state index contributed by atoms with van der Waals surface area (Å²) < 4.78 is 0.995. The molecule has 1 amide bonds. The average Bonchev–Trinajstić information content (AvgIpc) is 2.82. The monoisotopic (exact) mass is 281 g/mol. The first-order valence-corrected chi connectivity index (χ1v) is 6.11. The Bertz CT molecular complexity index is 464. The largest absolute Gasteiger partial charge is 0.368 e. The van der Waals surface area contributed by atoms with Gasteiger partial charge in [-0.05, 0) is 46.8 Å². The minimum atomic E-state index is -0.265. The molecule has 3 atom stereocenters. The SMILES string of the molecule is NC(=O)C1CC2C[C@]2(c2ncccc2Br)N1. The third-order valence-electron chi connectivity index (χ3n) is 3.58. The summed E-state index contributed by atoms with van der Waals surface area (Å²) in [5, 5.41) is 3.33. The number of nitrogens with one attached hydrogen (secondary N) is 1. The molecular weight excluding hydrogens is 270 g/mol. The van der Waals surface area contributed by atoms with E-state index in [0.29, 0.717) is 5.92 Å². The second kappa shape index (κ2) is 3.28. The van der Waals surface area contributed by atoms with Crippen molar-refractivity contribution in [2.75, 3.05) is 0 Å². The Morgan fingerprint density at radius 2 is 2.50 bits per heavy atom. The second-order valence-corrected chi connectivity index (χ2v) is 5.40. The third kappa shape index (κ3) is 1.31. The van der Waals surface area contributed by atoms with Crippen LogP contribution < -0.4 is 11.1 Å². The van der Waals surface area contributed by atoms with Gasteiger partial charge in [0, 0.05) is 10.7 Å². The highest BCUT2D eigenvalue weighted by Gasteiger charge is 2.63. The van der Waals surface area contributed by atoms with Crippen molar-refractivity contribution in [1.29, 1.82) is 0 Å². The Morgan fingerprint density at radius 1 is 1.69 bits per heavy atom. The molecule has 16 heavy (non-hydrogen) atoms. The van der Waals surface area contributed by atoms with Crippen LogP contribution >= 0.6 is 15.9 Å². The summed E-state index contributed by atoms with van der Waals surface area (Å²) in [5.74, 6) is 0.231. The van der Waals surface area contributed by atoms with Crippen molar-refractivity contribution in [3.05, 3.63) is 28.5 Å². The zero-order valence-corrected chi connectivity index (χ0v) is 10.2. The molecule has 2 fully saturated rings. The van der Waals surface area contributed by atoms with Gasteiger partial charge in [0.2, 0.25) is 5.91 Å². The molecule has 1 aliphatic heterocycles. The molecule has 84 valence electrons. The number of fused-ring (bicyclic) bond motifs is 1. The van der Waals surface area contributed by atoms with Crippen molar-refractivity contribution in [2.24, 2.45) is 11.7 Å². The normalized spacial score (nSPS) is 35.8. The number of amides is 1. The van der Waals surface area contributed by atoms with Crippen LogP contribution in [0.2, 0.25) is 0 Å². The second-order valence-electron chi connectivity index (χ2n) is 4.54. The van der Waals surface area contributed by atoms with Gasteiger partial charge >= 0.3 is 0 Å². The van der Waals surface area contributed by atoms with Crippen LogP contribution in [0.3, 0.4) is 0 Å². The number of hydrogen-bond acceptors (Lipinski definition) is 3. The van der Waals surface area contributed by atoms with Gasteiger partial charge in [-0.15, -0.1) is 0 Å². The lowest BCUT2D eigenvalue weighted by Crippen LogP contribution is -2.42. The van der Waals surface area contributed by atoms with Gasteiger partial charge in [-0.1, -0.05) is 0 Å². The molecule has 0 spiro atoms. The van der Waals surface area contributed by atoms with Gasteiger partial charge in [-0.2, -0.15) is 0 Å². The standard InChI is InChI=1S/C11H12BrN3O/c12-7-2-1-3-14-9(7)11-5-6(11)4-8(15-11)10(13)16/h1-3,6,8,15H,4-5H2,(H2,13,16)/t6?,8?,11-/m0/s1. The van der Waals surface area contributed by atoms with Gasteiger partial charge in [0.1, 0.15) is 0 Å². The van der Waals surface area contributed by atoms with E-state index in [-0.39, 0.29) is 17.5 Å². The number of rotatable bonds is 2. The zero-order valence-electron chi connectivity index (χ0n) is 8.61. The summed E-state index contributed by atoms with van der Waals surface area (Å²) in [6.07, 6.45) is 3.66. The highest BCUT2D eigenvalue weighted by Crippen LogP contribution is 2.59. The fourth-order valence-corrected chi connectivity index (χ4v) is 3.31. The summed E-state index contributed by atoms with van der Waals surface area (Å²) in [6.45, 7) is 0. The molecule has 3 rings (SSSR count). The number of carbonyl (C=O) groups is 1. The fraction of sp³-hybridized carbons (Fsp3) is 0.455. The van der Waals surface area contributed by atoms with Crippen LogP contribution in [0, 0.1) is 5.92 Å². The number of hydrogen-bond donors (Lipinski definition) is 2. The van der Waals surface area contributed by atoms with Crippen molar-refractivity contribution in [3.8, 4) is 0 Å². The Morgan fingerprint density at radius 3 is 3.12 bits per heavy atom. The maximum Gasteiger partial charge on any atom is 0.234 e. The van der Waals surface area contributed by atoms with Crippen LogP contribution in [0.5, 0.6) is 0 Å². The number of primary amides is 1. The number of carbonyl (C=O) groups excluding carboxylic acids is 1. The number of nitrogens with zero attached hydrogens (tertiary/aromatic N) is 1. The van der Waals surface area contributed by atoms with Crippen LogP contribution in [0.25, 0.3) is 0 Å². The Kier molecular flexibility index (Phi) is 2.09. The topological polar surface area (TPSA) is 68.0 Å². The minimum Gasteiger partial charge on any atom is -0.368 e. The highest BCUT2D eigenvalue weighted by molar-refractivity contribution is 9.10. The predicted molar refractivity (Wildman–Crippen MR) is 62.5 cm³/mol. The van der Waals surface area contributed by atoms with Gasteiger partial charge < -0.3 is 5.73 Å². The summed E-state index contributed by atoms with van der Waals surface area (Å²) in [5.41, 5.74) is 6.21. The molecule has 0 radical (unpaired) electrons. The number of aromatic nitrogens is 1. The first kappa shape index (κ1) is 10.2. The van der Waals surface area contributed by atoms with E-state index in [1.54, 1.807) is 6.20 Å². The smallest absolute Gasteiger partial charge is 0.234 e. The number of nitrogens with two attached hydrogens (primary N) is 1. The lowest BCUT2D eigenvalue weighted by molar-refractivity contribution is -0.120. The molecule has 1 aromatic heterocycles. The van der Waals surface area contributed by atoms with Crippen molar-refractivity contribution >= 4 is 21.8 Å². The molecule has 1 saturated carbocycles. The number of piperidine rings is 1. The average molecular weight is 282 g/mol. The number of halogens is 1. The Balaban J connectivity index is 1.93. The van der Waals surface area contributed by atoms with Crippen molar-refractivity contribution < 1.29 is 4.79 Å². The maximum absolute atomic E-state index is 11.2. The van der Waals surface area contributed by atoms with E-state index in [0.717, 1.165) is 23.0 Å². The summed E-state index contributed by atoms with van der Waals surface area (Å²) in [6, 6.07) is 3.67. The van der Waals surface area contributed by atoms with Crippen LogP contribution in [-0.2, 0) is 10.3 Å². The maximum atomic E-state index is 11.2. The van der Waals surface area contributed by atoms with Gasteiger partial charge in [0.25, 0.3) is 0 Å². The molecule has 4 nitrogen and oxygen atoms in total. The highest BCUT2D eigenvalue weighted by atomic mass is 79.9. The molecule has 2 unspecified atom stereocenters. The summed E-state index contributed by atoms with van der Waals surface area (Å²) in [4.78, 5) is 15.6. The molecule has 5 heteroatoms. The van der Waals surface area contributed by atoms with Crippen molar-refractivity contribution in [3.63, 3.8) is 0 Å². The zero-order chi connectivity index (χ0) is 11.3. The van der Waals surface area contributed by atoms with Gasteiger partial charge in [0.05, 0.1) is 17.3 Å². The van der Waals surface area contributed by atoms with E-state index < -0.39 is 0 Å². The van der Waals surface area contributed by atoms with E-state index in [9.17, 15) is 4.79 Å². The van der Waals surface area contributed by atoms with Crippen molar-refractivity contribution in [2.45, 2.75) is 24.4 Å². The molecule has 0 bridgehead atoms. The fourth-order valence-electron chi connectivity index (χ4n) is 2.71. The lowest BCUT2D eigenvalue weighted by atomic mass is 10.1. The Hall–Kier alpha value is -0.940. The molecule has 0 aromatic carbocycles. The van der Waals surface area contributed by atoms with E-state index in [1.165, 1.54) is 0 Å². The first-order chi connectivity index (χ1) is 7.63. The van der Waals surface area contributed by atoms with Crippen LogP contribution in [0.15, 0.2) is 22.8 Å². The van der Waals surface area contributed by atoms with Gasteiger partial charge in [-0.25, -0.2) is 0 Å². The molecule has 3 N–H and O–H groups in total. The number of pyridine rings is 1. The van der Waals surface area contributed by atoms with Gasteiger partial charge in [0.15, 0.2) is 0 Å². The molecular formula is C11H12BrN3O. The van der Waals surface area contributed by atoms with Gasteiger partial charge in [-0.3, -0.25) is 15.1 Å². The van der Waals surface area contributed by atoms with E-state index in [1.807, 2.05) is 12.1 Å². The summed E-state index contributed by atoms with van der Waals surface area (Å²) in [7, 11) is 0. The van der Waals surface area contributed by atoms with E-state index >= 15 is 0 Å². The first-order valence-electron chi connectivity index (χ1n) is 5.31. The van der Waals surface area contributed by atoms with E-state index in [4.69, 9.17) is 5.73 Å². The lowest BCUT2D eigenvalue weighted by Gasteiger charge is -2.17. The quantitative estimate of drug-likeness (QED) is 0.847. The molecule has 1 saturated heterocycles. The van der Waals surface area contributed by atoms with Crippen molar-refractivity contribution in [1.82, 2.24) is 10.3 Å². The molecule has 2 heterocycles. The molecule has 2 aliphatic rings. The van der Waals surface area contributed by atoms with E-state index in [2.05, 4.69) is 26.2 Å². The molecule has 1 aliphatic carbocycles. The van der Waals surface area contributed by atoms with Crippen LogP contribution in [0.1, 0.15) is 18.5 Å². The molecule has 1 aromatic rings. The predicted octanol–water partition coefficient (Wildman–Crippen LogP) is 0.906. The van der Waals surface area contributed by atoms with Crippen LogP contribution in [-0.4, -0.2) is 16.9 Å². The Labute approximate surface area is 102 Å². The third-order valence-corrected chi connectivity index (χ3v) is 4.22.